The largest absolute Gasteiger partial charge is 0.454 e. The molecule has 10 heteroatoms. The van der Waals surface area contributed by atoms with Gasteiger partial charge in [0, 0.05) is 30.8 Å². The predicted octanol–water partition coefficient (Wildman–Crippen LogP) is 7.69. The fourth-order valence-corrected chi connectivity index (χ4v) is 13.7. The molecule has 1 N–H and O–H groups in total. The first-order chi connectivity index (χ1) is 25.9. The molecule has 0 saturated carbocycles. The van der Waals surface area contributed by atoms with Crippen LogP contribution in [-0.4, -0.2) is 45.9 Å². The number of fused-ring (bicyclic) bond motifs is 2. The Kier molecular flexibility index (Phi) is 10.7. The van der Waals surface area contributed by atoms with Crippen LogP contribution in [0.1, 0.15) is 81.2 Å². The Balaban J connectivity index is 1.25. The average Bonchev–Trinajstić information content (AvgIpc) is 3.79. The Morgan fingerprint density at radius 2 is 1.46 bits per heavy atom. The van der Waals surface area contributed by atoms with E-state index in [0.717, 1.165) is 27.9 Å². The fraction of sp³-hybridized carbons (Fsp3) is 0.318. The molecule has 3 heterocycles. The summed E-state index contributed by atoms with van der Waals surface area (Å²) >= 11 is 0. The summed E-state index contributed by atoms with van der Waals surface area (Å²) in [5, 5.41) is 5.30. The molecule has 2 aliphatic heterocycles. The molecule has 7 rings (SSSR count). The quantitative estimate of drug-likeness (QED) is 0.139. The minimum Gasteiger partial charge on any atom is -0.454 e. The topological polar surface area (TPSA) is 90.0 Å². The molecule has 1 aromatic heterocycles. The highest BCUT2D eigenvalue weighted by Gasteiger charge is 2.50. The molecule has 0 spiro atoms. The lowest BCUT2D eigenvalue weighted by atomic mass is 9.96. The van der Waals surface area contributed by atoms with Crippen molar-refractivity contribution >= 4 is 35.6 Å². The van der Waals surface area contributed by atoms with Gasteiger partial charge in [-0.2, -0.15) is 0 Å². The first-order valence-corrected chi connectivity index (χ1v) is 21.6. The number of ether oxygens (including phenoxy) is 2. The van der Waals surface area contributed by atoms with Gasteiger partial charge in [-0.15, -0.1) is 0 Å². The van der Waals surface area contributed by atoms with E-state index in [1.54, 1.807) is 0 Å². The summed E-state index contributed by atoms with van der Waals surface area (Å²) in [5.74, 6) is 1.08. The SMILES string of the molecule is CC(C)(C)[S@@](=O)N1Cc2cc(C(=O)NCc3ccc4c(c3)OCO4)nc(-c3ccccc3)c2[C@H]1CCO[Si](c1ccccc1)(c1ccccc1)C(C)(C)C. The predicted molar refractivity (Wildman–Crippen MR) is 218 cm³/mol. The second kappa shape index (κ2) is 15.3. The van der Waals surface area contributed by atoms with Crippen LogP contribution in [0.3, 0.4) is 0 Å². The Hall–Kier alpha value is -4.61. The molecular weight excluding hydrogens is 711 g/mol. The highest BCUT2D eigenvalue weighted by atomic mass is 32.2. The number of benzene rings is 4. The third-order valence-corrected chi connectivity index (χ3v) is 17.1. The van der Waals surface area contributed by atoms with Crippen LogP contribution in [0.4, 0.5) is 0 Å². The molecule has 4 aromatic carbocycles. The Morgan fingerprint density at radius 1 is 0.852 bits per heavy atom. The second-order valence-corrected chi connectivity index (χ2v) is 22.4. The molecule has 2 atom stereocenters. The van der Waals surface area contributed by atoms with Crippen LogP contribution in [0.5, 0.6) is 11.5 Å². The van der Waals surface area contributed by atoms with E-state index in [1.165, 1.54) is 10.4 Å². The van der Waals surface area contributed by atoms with Crippen molar-refractivity contribution in [2.75, 3.05) is 13.4 Å². The van der Waals surface area contributed by atoms with Crippen LogP contribution < -0.4 is 25.2 Å². The van der Waals surface area contributed by atoms with Crippen molar-refractivity contribution in [3.05, 3.63) is 138 Å². The maximum Gasteiger partial charge on any atom is 0.270 e. The minimum atomic E-state index is -2.82. The van der Waals surface area contributed by atoms with Gasteiger partial charge >= 0.3 is 0 Å². The van der Waals surface area contributed by atoms with Gasteiger partial charge in [0.15, 0.2) is 11.5 Å². The van der Waals surface area contributed by atoms with E-state index in [0.29, 0.717) is 43.3 Å². The average molecular weight is 760 g/mol. The third kappa shape index (κ3) is 7.40. The van der Waals surface area contributed by atoms with Gasteiger partial charge in [0.2, 0.25) is 6.79 Å². The van der Waals surface area contributed by atoms with Crippen LogP contribution in [-0.2, 0) is 28.5 Å². The summed E-state index contributed by atoms with van der Waals surface area (Å²) in [4.78, 5) is 18.9. The normalized spacial score (nSPS) is 16.2. The zero-order valence-electron chi connectivity index (χ0n) is 31.9. The van der Waals surface area contributed by atoms with Crippen LogP contribution in [0.25, 0.3) is 11.3 Å². The van der Waals surface area contributed by atoms with Crippen LogP contribution >= 0.6 is 0 Å². The van der Waals surface area contributed by atoms with E-state index in [-0.39, 0.29) is 23.8 Å². The number of hydrogen-bond donors (Lipinski definition) is 1. The molecule has 0 saturated heterocycles. The van der Waals surface area contributed by atoms with Gasteiger partial charge in [-0.25, -0.2) is 13.5 Å². The monoisotopic (exact) mass is 759 g/mol. The van der Waals surface area contributed by atoms with Gasteiger partial charge in [0.05, 0.1) is 16.5 Å². The lowest BCUT2D eigenvalue weighted by molar-refractivity contribution is 0.0945. The molecule has 0 radical (unpaired) electrons. The minimum absolute atomic E-state index is 0.184. The summed E-state index contributed by atoms with van der Waals surface area (Å²) in [5.41, 5.74) is 4.79. The molecule has 0 bridgehead atoms. The molecule has 1 amide bonds. The standard InChI is InChI=1S/C44H49N3O5SSi/c1-43(2,3)53(49)47-29-33-27-36(42(48)45-28-31-22-23-38-39(26-31)51-30-50-38)46-41(32-16-10-7-11-17-32)40(33)37(47)24-25-52-54(44(4,5)6,34-18-12-8-13-19-34)35-20-14-9-15-21-35/h7-23,26-27,37H,24-25,28-30H2,1-6H3,(H,45,48)/t37-,53-/m1/s1. The summed E-state index contributed by atoms with van der Waals surface area (Å²) in [6.07, 6.45) is 0.594. The Morgan fingerprint density at radius 3 is 2.07 bits per heavy atom. The number of carbonyl (C=O) groups is 1. The molecule has 0 unspecified atom stereocenters. The van der Waals surface area contributed by atoms with Crippen LogP contribution in [0, 0.1) is 0 Å². The molecule has 0 fully saturated rings. The van der Waals surface area contributed by atoms with Crippen molar-refractivity contribution in [3.63, 3.8) is 0 Å². The maximum atomic E-state index is 14.4. The lowest BCUT2D eigenvalue weighted by Crippen LogP contribution is -2.66. The van der Waals surface area contributed by atoms with Crippen molar-refractivity contribution in [1.29, 1.82) is 0 Å². The van der Waals surface area contributed by atoms with Crippen LogP contribution in [0.2, 0.25) is 5.04 Å². The second-order valence-electron chi connectivity index (χ2n) is 15.9. The molecule has 54 heavy (non-hydrogen) atoms. The molecular formula is C44H49N3O5SSi. The molecule has 0 aliphatic carbocycles. The first kappa shape index (κ1) is 37.7. The van der Waals surface area contributed by atoms with Crippen molar-refractivity contribution in [2.24, 2.45) is 0 Å². The van der Waals surface area contributed by atoms with Gasteiger partial charge in [-0.1, -0.05) is 118 Å². The number of amides is 1. The Labute approximate surface area is 322 Å². The zero-order chi connectivity index (χ0) is 38.1. The van der Waals surface area contributed by atoms with E-state index in [2.05, 4.69) is 91.1 Å². The summed E-state index contributed by atoms with van der Waals surface area (Å²) in [6, 6.07) is 38.5. The number of rotatable bonds is 11. The van der Waals surface area contributed by atoms with Crippen molar-refractivity contribution in [1.82, 2.24) is 14.6 Å². The molecule has 280 valence electrons. The van der Waals surface area contributed by atoms with E-state index in [4.69, 9.17) is 18.9 Å². The van der Waals surface area contributed by atoms with Crippen molar-refractivity contribution < 1.29 is 22.9 Å². The number of aromatic nitrogens is 1. The smallest absolute Gasteiger partial charge is 0.270 e. The van der Waals surface area contributed by atoms with Crippen molar-refractivity contribution in [3.8, 4) is 22.8 Å². The highest BCUT2D eigenvalue weighted by molar-refractivity contribution is 7.84. The molecule has 2 aliphatic rings. The van der Waals surface area contributed by atoms with Gasteiger partial charge in [-0.3, -0.25) is 4.79 Å². The van der Waals surface area contributed by atoms with E-state index >= 15 is 0 Å². The number of nitrogens with zero attached hydrogens (tertiary/aromatic N) is 2. The molecule has 5 aromatic rings. The fourth-order valence-electron chi connectivity index (χ4n) is 7.69. The van der Waals surface area contributed by atoms with E-state index in [9.17, 15) is 9.00 Å². The first-order valence-electron chi connectivity index (χ1n) is 18.6. The number of pyridine rings is 1. The van der Waals surface area contributed by atoms with E-state index < -0.39 is 24.1 Å². The number of carbonyl (C=O) groups excluding carboxylic acids is 1. The third-order valence-electron chi connectivity index (χ3n) is 10.2. The van der Waals surface area contributed by atoms with Gasteiger partial charge < -0.3 is 19.2 Å². The van der Waals surface area contributed by atoms with E-state index in [1.807, 2.05) is 75.4 Å². The van der Waals surface area contributed by atoms with Gasteiger partial charge in [0.25, 0.3) is 14.2 Å². The summed E-state index contributed by atoms with van der Waals surface area (Å²) in [7, 11) is -4.18. The van der Waals surface area contributed by atoms with Crippen molar-refractivity contribution in [2.45, 2.75) is 76.9 Å². The number of nitrogens with one attached hydrogen (secondary N) is 1. The maximum absolute atomic E-state index is 14.4. The Bertz CT molecular complexity index is 2100. The summed E-state index contributed by atoms with van der Waals surface area (Å²) in [6.45, 7) is 14.2. The summed E-state index contributed by atoms with van der Waals surface area (Å²) < 4.78 is 34.3. The highest BCUT2D eigenvalue weighted by Crippen LogP contribution is 2.45. The zero-order valence-corrected chi connectivity index (χ0v) is 33.7. The lowest BCUT2D eigenvalue weighted by Gasteiger charge is -2.43. The van der Waals surface area contributed by atoms with Gasteiger partial charge in [0.1, 0.15) is 16.7 Å². The van der Waals surface area contributed by atoms with Crippen LogP contribution in [0.15, 0.2) is 115 Å². The van der Waals surface area contributed by atoms with Gasteiger partial charge in [-0.05, 0) is 71.9 Å². The number of hydrogen-bond acceptors (Lipinski definition) is 6. The molecule has 8 nitrogen and oxygen atoms in total.